The molecule has 1 aromatic rings. The molecule has 1 saturated carbocycles. The van der Waals surface area contributed by atoms with Crippen LogP contribution in [-0.4, -0.2) is 45.4 Å². The number of rotatable bonds is 8. The predicted molar refractivity (Wildman–Crippen MR) is 106 cm³/mol. The number of benzene rings is 1. The first kappa shape index (κ1) is 22.2. The quantitative estimate of drug-likeness (QED) is 0.374. The lowest BCUT2D eigenvalue weighted by Gasteiger charge is -2.20. The van der Waals surface area contributed by atoms with Gasteiger partial charge in [0.25, 0.3) is 0 Å². The molecule has 0 bridgehead atoms. The van der Waals surface area contributed by atoms with Gasteiger partial charge in [-0.15, -0.1) is 0 Å². The molecular formula is C20H23ClO7S. The van der Waals surface area contributed by atoms with Gasteiger partial charge in [0.1, 0.15) is 5.92 Å². The topological polar surface area (TPSA) is 107 Å². The number of Topliss-reactive ketones (excluding diaryl/α,β-unsaturated/α-hetero) is 3. The third-order valence-corrected chi connectivity index (χ3v) is 6.20. The van der Waals surface area contributed by atoms with E-state index in [1.165, 1.54) is 12.1 Å². The third kappa shape index (κ3) is 5.38. The van der Waals surface area contributed by atoms with Crippen LogP contribution >= 0.6 is 11.6 Å². The van der Waals surface area contributed by atoms with Crippen LogP contribution in [0.1, 0.15) is 53.6 Å². The van der Waals surface area contributed by atoms with Crippen molar-refractivity contribution in [3.63, 3.8) is 0 Å². The maximum atomic E-state index is 12.9. The maximum absolute atomic E-state index is 12.9. The second-order valence-electron chi connectivity index (χ2n) is 7.26. The van der Waals surface area contributed by atoms with Crippen molar-refractivity contribution in [1.82, 2.24) is 0 Å². The van der Waals surface area contributed by atoms with Gasteiger partial charge in [-0.05, 0) is 30.9 Å². The Hall–Kier alpha value is -1.45. The SMILES string of the molecule is O=C1CCCC(=O)C1C(=O)c1ccc(CS(=O)O)c(COCC2CCCO2)c1Cl. The van der Waals surface area contributed by atoms with Crippen LogP contribution in [0.5, 0.6) is 0 Å². The molecule has 158 valence electrons. The van der Waals surface area contributed by atoms with Crippen LogP contribution in [0, 0.1) is 5.92 Å². The summed E-state index contributed by atoms with van der Waals surface area (Å²) in [5, 5.41) is 0.0523. The van der Waals surface area contributed by atoms with E-state index in [1.807, 2.05) is 0 Å². The Labute approximate surface area is 176 Å². The minimum atomic E-state index is -2.11. The minimum absolute atomic E-state index is 0.00787. The number of hydrogen-bond donors (Lipinski definition) is 1. The van der Waals surface area contributed by atoms with E-state index in [9.17, 15) is 23.1 Å². The molecule has 1 saturated heterocycles. The lowest BCUT2D eigenvalue weighted by atomic mass is 9.81. The Bertz CT molecular complexity index is 816. The van der Waals surface area contributed by atoms with Crippen LogP contribution in [0.25, 0.3) is 0 Å². The normalized spacial score (nSPS) is 21.5. The molecule has 1 aromatic carbocycles. The molecule has 9 heteroatoms. The van der Waals surface area contributed by atoms with Crippen LogP contribution in [0.2, 0.25) is 5.02 Å². The van der Waals surface area contributed by atoms with Gasteiger partial charge in [-0.25, -0.2) is 4.21 Å². The lowest BCUT2D eigenvalue weighted by Crippen LogP contribution is -2.35. The van der Waals surface area contributed by atoms with Crippen LogP contribution < -0.4 is 0 Å². The van der Waals surface area contributed by atoms with Crippen LogP contribution in [0.3, 0.4) is 0 Å². The fraction of sp³-hybridized carbons (Fsp3) is 0.550. The molecule has 29 heavy (non-hydrogen) atoms. The molecule has 2 fully saturated rings. The zero-order valence-electron chi connectivity index (χ0n) is 15.9. The smallest absolute Gasteiger partial charge is 0.182 e. The van der Waals surface area contributed by atoms with E-state index >= 15 is 0 Å². The number of hydrogen-bond acceptors (Lipinski definition) is 6. The highest BCUT2D eigenvalue weighted by Gasteiger charge is 2.37. The van der Waals surface area contributed by atoms with Crippen molar-refractivity contribution in [2.75, 3.05) is 13.2 Å². The molecule has 2 unspecified atom stereocenters. The van der Waals surface area contributed by atoms with E-state index in [-0.39, 0.29) is 53.5 Å². The maximum Gasteiger partial charge on any atom is 0.182 e. The highest BCUT2D eigenvalue weighted by molar-refractivity contribution is 7.78. The first-order chi connectivity index (χ1) is 13.9. The molecule has 1 aliphatic carbocycles. The minimum Gasteiger partial charge on any atom is -0.376 e. The summed E-state index contributed by atoms with van der Waals surface area (Å²) in [5.74, 6) is -2.90. The largest absolute Gasteiger partial charge is 0.376 e. The average Bonchev–Trinajstić information content (AvgIpc) is 3.17. The Balaban J connectivity index is 1.85. The molecule has 0 aromatic heterocycles. The van der Waals surface area contributed by atoms with Gasteiger partial charge >= 0.3 is 0 Å². The number of ether oxygens (including phenoxy) is 2. The highest BCUT2D eigenvalue weighted by atomic mass is 35.5. The molecule has 7 nitrogen and oxygen atoms in total. The van der Waals surface area contributed by atoms with Gasteiger partial charge < -0.3 is 14.0 Å². The van der Waals surface area contributed by atoms with E-state index in [4.69, 9.17) is 21.1 Å². The van der Waals surface area contributed by atoms with Gasteiger partial charge in [-0.3, -0.25) is 14.4 Å². The van der Waals surface area contributed by atoms with Gasteiger partial charge in [0.15, 0.2) is 28.4 Å². The van der Waals surface area contributed by atoms with E-state index in [1.54, 1.807) is 0 Å². The number of carbonyl (C=O) groups is 3. The Morgan fingerprint density at radius 3 is 2.59 bits per heavy atom. The summed E-state index contributed by atoms with van der Waals surface area (Å²) in [6, 6.07) is 2.93. The Morgan fingerprint density at radius 1 is 1.24 bits per heavy atom. The van der Waals surface area contributed by atoms with Crippen molar-refractivity contribution in [3.8, 4) is 0 Å². The van der Waals surface area contributed by atoms with Crippen LogP contribution in [0.15, 0.2) is 12.1 Å². The molecule has 1 heterocycles. The van der Waals surface area contributed by atoms with Crippen molar-refractivity contribution in [3.05, 3.63) is 33.8 Å². The van der Waals surface area contributed by atoms with Crippen LogP contribution in [0.4, 0.5) is 0 Å². The van der Waals surface area contributed by atoms with Gasteiger partial charge in [-0.1, -0.05) is 17.7 Å². The van der Waals surface area contributed by atoms with E-state index in [0.29, 0.717) is 30.8 Å². The highest BCUT2D eigenvalue weighted by Crippen LogP contribution is 2.31. The average molecular weight is 443 g/mol. The molecule has 1 aliphatic heterocycles. The summed E-state index contributed by atoms with van der Waals surface area (Å²) in [5.41, 5.74) is 0.943. The van der Waals surface area contributed by atoms with E-state index in [2.05, 4.69) is 0 Å². The number of halogens is 1. The Kier molecular flexibility index (Phi) is 7.70. The van der Waals surface area contributed by atoms with Crippen molar-refractivity contribution in [1.29, 1.82) is 0 Å². The first-order valence-corrected chi connectivity index (χ1v) is 11.2. The molecule has 0 spiro atoms. The molecular weight excluding hydrogens is 420 g/mol. The zero-order chi connectivity index (χ0) is 21.0. The fourth-order valence-corrected chi connectivity index (χ4v) is 4.57. The van der Waals surface area contributed by atoms with Gasteiger partial charge in [0, 0.05) is 30.6 Å². The van der Waals surface area contributed by atoms with Crippen molar-refractivity contribution in [2.45, 2.75) is 50.6 Å². The lowest BCUT2D eigenvalue weighted by molar-refractivity contribution is -0.133. The van der Waals surface area contributed by atoms with Gasteiger partial charge in [0.05, 0.1) is 30.1 Å². The van der Waals surface area contributed by atoms with Gasteiger partial charge in [-0.2, -0.15) is 0 Å². The first-order valence-electron chi connectivity index (χ1n) is 9.55. The van der Waals surface area contributed by atoms with E-state index < -0.39 is 22.8 Å². The standard InChI is InChI=1S/C20H23ClO7S/c21-19-14(20(24)18-16(22)4-1-5-17(18)23)7-6-12(11-29(25)26)15(19)10-27-9-13-3-2-8-28-13/h6-7,13,18H,1-5,8-11H2,(H,25,26). The molecule has 3 rings (SSSR count). The molecule has 2 atom stereocenters. The second-order valence-corrected chi connectivity index (χ2v) is 8.57. The zero-order valence-corrected chi connectivity index (χ0v) is 17.4. The summed E-state index contributed by atoms with van der Waals surface area (Å²) in [4.78, 5) is 37.2. The summed E-state index contributed by atoms with van der Waals surface area (Å²) < 4.78 is 31.8. The molecule has 1 N–H and O–H groups in total. The van der Waals surface area contributed by atoms with E-state index in [0.717, 1.165) is 12.8 Å². The molecule has 2 aliphatic rings. The number of carbonyl (C=O) groups excluding carboxylic acids is 3. The summed E-state index contributed by atoms with van der Waals surface area (Å²) in [6.45, 7) is 1.06. The second kappa shape index (κ2) is 10.0. The molecule has 0 radical (unpaired) electrons. The van der Waals surface area contributed by atoms with Crippen molar-refractivity contribution >= 4 is 40.0 Å². The van der Waals surface area contributed by atoms with Crippen molar-refractivity contribution in [2.24, 2.45) is 5.92 Å². The predicted octanol–water partition coefficient (Wildman–Crippen LogP) is 2.88. The number of ketones is 3. The summed E-state index contributed by atoms with van der Waals surface area (Å²) >= 11 is 4.36. The molecule has 0 amide bonds. The summed E-state index contributed by atoms with van der Waals surface area (Å²) in [7, 11) is 0. The third-order valence-electron chi connectivity index (χ3n) is 5.21. The fourth-order valence-electron chi connectivity index (χ4n) is 3.70. The monoisotopic (exact) mass is 442 g/mol. The Morgan fingerprint density at radius 2 is 1.97 bits per heavy atom. The summed E-state index contributed by atoms with van der Waals surface area (Å²) in [6.07, 6.45) is 2.70. The van der Waals surface area contributed by atoms with Gasteiger partial charge in [0.2, 0.25) is 0 Å². The van der Waals surface area contributed by atoms with Crippen molar-refractivity contribution < 1.29 is 32.6 Å². The van der Waals surface area contributed by atoms with Crippen LogP contribution in [-0.2, 0) is 42.5 Å².